The van der Waals surface area contributed by atoms with Crippen molar-refractivity contribution in [3.8, 4) is 5.75 Å². The molecule has 0 saturated carbocycles. The average molecular weight is 520 g/mol. The van der Waals surface area contributed by atoms with Gasteiger partial charge in [0.1, 0.15) is 17.5 Å². The molecule has 3 atom stereocenters. The van der Waals surface area contributed by atoms with Crippen LogP contribution in [-0.4, -0.2) is 31.4 Å². The number of nitrogens with zero attached hydrogens (tertiary/aromatic N) is 1. The number of hydrogen-bond acceptors (Lipinski definition) is 6. The lowest BCUT2D eigenvalue weighted by Crippen LogP contribution is -2.46. The van der Waals surface area contributed by atoms with Gasteiger partial charge in [0.15, 0.2) is 5.78 Å². The molecule has 1 aliphatic carbocycles. The molecule has 6 nitrogen and oxygen atoms in total. The highest BCUT2D eigenvalue weighted by molar-refractivity contribution is 7.10. The van der Waals surface area contributed by atoms with Crippen LogP contribution in [0.3, 0.4) is 0 Å². The van der Waals surface area contributed by atoms with E-state index >= 15 is 0 Å². The number of rotatable bonds is 6. The summed E-state index contributed by atoms with van der Waals surface area (Å²) in [6.07, 6.45) is 0.183. The van der Waals surface area contributed by atoms with Crippen molar-refractivity contribution in [2.24, 2.45) is 5.92 Å². The van der Waals surface area contributed by atoms with Crippen LogP contribution in [-0.2, 0) is 19.1 Å². The molecule has 8 heteroatoms. The van der Waals surface area contributed by atoms with Gasteiger partial charge in [-0.1, -0.05) is 30.3 Å². The van der Waals surface area contributed by atoms with Gasteiger partial charge in [0.05, 0.1) is 19.4 Å². The number of para-hydroxylation sites is 1. The molecule has 3 aromatic rings. The number of carbonyl (C=O) groups excluding carboxylic acids is 3. The minimum absolute atomic E-state index is 0.0373. The summed E-state index contributed by atoms with van der Waals surface area (Å²) in [5.74, 6) is -3.34. The Balaban J connectivity index is 1.72. The number of Topliss-reactive ketones (excluding diaryl/α,β-unsaturated/α-hetero) is 1. The van der Waals surface area contributed by atoms with E-state index in [-0.39, 0.29) is 36.8 Å². The number of amides is 1. The summed E-state index contributed by atoms with van der Waals surface area (Å²) in [6.45, 7) is 1.85. The summed E-state index contributed by atoms with van der Waals surface area (Å²) in [5, 5.41) is 1.88. The van der Waals surface area contributed by atoms with Crippen LogP contribution in [0.1, 0.15) is 42.0 Å². The van der Waals surface area contributed by atoms with Crippen molar-refractivity contribution in [3.63, 3.8) is 0 Å². The molecule has 2 aromatic carbocycles. The Labute approximate surface area is 218 Å². The standard InChI is InChI=1S/C29H26FNO5S/c1-3-36-29(34)27-20(24-9-6-14-37-24)15-23-26(28(27)33)19(17-10-12-18(35-2)13-11-17)16-25(32)31(23)22-8-5-4-7-21(22)30/h4-14,19-20,27H,3,15-16H2,1-2H3/t19-,20+,27+/m1/s1. The van der Waals surface area contributed by atoms with E-state index in [0.29, 0.717) is 17.0 Å². The highest BCUT2D eigenvalue weighted by atomic mass is 32.1. The monoisotopic (exact) mass is 519 g/mol. The Bertz CT molecular complexity index is 1370. The molecule has 0 unspecified atom stereocenters. The smallest absolute Gasteiger partial charge is 0.317 e. The Morgan fingerprint density at radius 3 is 2.46 bits per heavy atom. The number of benzene rings is 2. The molecule has 5 rings (SSSR count). The minimum Gasteiger partial charge on any atom is -0.497 e. The molecule has 0 saturated heterocycles. The van der Waals surface area contributed by atoms with Gasteiger partial charge in [-0.05, 0) is 54.6 Å². The molecular weight excluding hydrogens is 493 g/mol. The third kappa shape index (κ3) is 4.46. The van der Waals surface area contributed by atoms with Crippen LogP contribution in [0, 0.1) is 11.7 Å². The number of methoxy groups -OCH3 is 1. The lowest BCUT2D eigenvalue weighted by Gasteiger charge is -2.42. The second-order valence-corrected chi connectivity index (χ2v) is 9.97. The topological polar surface area (TPSA) is 72.9 Å². The van der Waals surface area contributed by atoms with Crippen LogP contribution in [0.25, 0.3) is 0 Å². The molecule has 0 spiro atoms. The molecule has 2 aliphatic rings. The first-order chi connectivity index (χ1) is 17.9. The maximum Gasteiger partial charge on any atom is 0.317 e. The van der Waals surface area contributed by atoms with Gasteiger partial charge >= 0.3 is 5.97 Å². The van der Waals surface area contributed by atoms with E-state index < -0.39 is 29.5 Å². The molecule has 190 valence electrons. The fourth-order valence-corrected chi connectivity index (χ4v) is 6.20. The van der Waals surface area contributed by atoms with Gasteiger partial charge in [0.25, 0.3) is 0 Å². The third-order valence-corrected chi connectivity index (χ3v) is 7.99. The SMILES string of the molecule is CCOC(=O)[C@@H]1C(=O)C2=C(C[C@H]1c1cccs1)N(c1ccccc1F)C(=O)C[C@@H]2c1ccc(OC)cc1. The molecule has 37 heavy (non-hydrogen) atoms. The normalized spacial score (nSPS) is 21.6. The Kier molecular flexibility index (Phi) is 6.93. The summed E-state index contributed by atoms with van der Waals surface area (Å²) in [4.78, 5) is 43.2. The van der Waals surface area contributed by atoms with Crippen molar-refractivity contribution in [2.75, 3.05) is 18.6 Å². The predicted octanol–water partition coefficient (Wildman–Crippen LogP) is 5.61. The molecule has 1 aliphatic heterocycles. The summed E-state index contributed by atoms with van der Waals surface area (Å²) in [6, 6.07) is 17.0. The van der Waals surface area contributed by atoms with Gasteiger partial charge in [-0.3, -0.25) is 19.3 Å². The second-order valence-electron chi connectivity index (χ2n) is 8.99. The molecule has 1 aromatic heterocycles. The number of ketones is 1. The summed E-state index contributed by atoms with van der Waals surface area (Å²) in [7, 11) is 1.56. The van der Waals surface area contributed by atoms with Crippen LogP contribution in [0.2, 0.25) is 0 Å². The van der Waals surface area contributed by atoms with Crippen LogP contribution < -0.4 is 9.64 Å². The fraction of sp³-hybridized carbons (Fsp3) is 0.276. The summed E-state index contributed by atoms with van der Waals surface area (Å²) in [5.41, 5.74) is 1.64. The average Bonchev–Trinajstić information content (AvgIpc) is 3.44. The zero-order valence-corrected chi connectivity index (χ0v) is 21.3. The summed E-state index contributed by atoms with van der Waals surface area (Å²) < 4.78 is 25.6. The third-order valence-electron chi connectivity index (χ3n) is 6.98. The Morgan fingerprint density at radius 2 is 1.81 bits per heavy atom. The van der Waals surface area contributed by atoms with Crippen LogP contribution in [0.15, 0.2) is 77.3 Å². The second kappa shape index (κ2) is 10.3. The fourth-order valence-electron chi connectivity index (χ4n) is 5.34. The van der Waals surface area contributed by atoms with Gasteiger partial charge in [-0.15, -0.1) is 11.3 Å². The number of thiophene rings is 1. The van der Waals surface area contributed by atoms with E-state index in [1.165, 1.54) is 28.4 Å². The highest BCUT2D eigenvalue weighted by Gasteiger charge is 2.50. The number of anilines is 1. The number of halogens is 1. The predicted molar refractivity (Wildman–Crippen MR) is 138 cm³/mol. The highest BCUT2D eigenvalue weighted by Crippen LogP contribution is 2.50. The zero-order valence-electron chi connectivity index (χ0n) is 20.5. The quantitative estimate of drug-likeness (QED) is 0.313. The molecule has 0 fully saturated rings. The molecule has 2 heterocycles. The first-order valence-electron chi connectivity index (χ1n) is 12.1. The van der Waals surface area contributed by atoms with Crippen molar-refractivity contribution in [2.45, 2.75) is 31.6 Å². The van der Waals surface area contributed by atoms with Gasteiger partial charge in [-0.2, -0.15) is 0 Å². The molecule has 0 radical (unpaired) electrons. The van der Waals surface area contributed by atoms with Gasteiger partial charge in [-0.25, -0.2) is 4.39 Å². The van der Waals surface area contributed by atoms with Gasteiger partial charge < -0.3 is 9.47 Å². The van der Waals surface area contributed by atoms with Crippen molar-refractivity contribution in [3.05, 3.63) is 93.6 Å². The van der Waals surface area contributed by atoms with Crippen molar-refractivity contribution < 1.29 is 28.2 Å². The van der Waals surface area contributed by atoms with Gasteiger partial charge in [0, 0.05) is 34.4 Å². The number of ether oxygens (including phenoxy) is 2. The zero-order chi connectivity index (χ0) is 26.1. The largest absolute Gasteiger partial charge is 0.497 e. The lowest BCUT2D eigenvalue weighted by atomic mass is 9.69. The number of carbonyl (C=O) groups is 3. The van der Waals surface area contributed by atoms with Crippen LogP contribution in [0.5, 0.6) is 5.75 Å². The minimum atomic E-state index is -1.05. The lowest BCUT2D eigenvalue weighted by molar-refractivity contribution is -0.152. The molecular formula is C29H26FNO5S. The molecule has 0 bridgehead atoms. The molecule has 0 N–H and O–H groups in total. The number of allylic oxidation sites excluding steroid dienone is 2. The summed E-state index contributed by atoms with van der Waals surface area (Å²) >= 11 is 1.44. The van der Waals surface area contributed by atoms with Crippen LogP contribution >= 0.6 is 11.3 Å². The Morgan fingerprint density at radius 1 is 1.05 bits per heavy atom. The molecule has 1 amide bonds. The Hall–Kier alpha value is -3.78. The number of esters is 1. The first-order valence-corrected chi connectivity index (χ1v) is 13.0. The maximum atomic E-state index is 15.0. The van der Waals surface area contributed by atoms with Crippen molar-refractivity contribution in [1.82, 2.24) is 0 Å². The maximum absolute atomic E-state index is 15.0. The van der Waals surface area contributed by atoms with Crippen molar-refractivity contribution >= 4 is 34.7 Å². The van der Waals surface area contributed by atoms with E-state index in [0.717, 1.165) is 10.4 Å². The van der Waals surface area contributed by atoms with Crippen molar-refractivity contribution in [1.29, 1.82) is 0 Å². The van der Waals surface area contributed by atoms with E-state index in [1.807, 2.05) is 29.6 Å². The van der Waals surface area contributed by atoms with E-state index in [4.69, 9.17) is 9.47 Å². The van der Waals surface area contributed by atoms with E-state index in [1.54, 1.807) is 38.3 Å². The first kappa shape index (κ1) is 24.9. The van der Waals surface area contributed by atoms with E-state index in [2.05, 4.69) is 0 Å². The van der Waals surface area contributed by atoms with Crippen LogP contribution in [0.4, 0.5) is 10.1 Å². The number of hydrogen-bond donors (Lipinski definition) is 0. The van der Waals surface area contributed by atoms with E-state index in [9.17, 15) is 18.8 Å². The van der Waals surface area contributed by atoms with Gasteiger partial charge in [0.2, 0.25) is 5.91 Å².